The maximum Gasteiger partial charge on any atom is 0.314 e. The van der Waals surface area contributed by atoms with Gasteiger partial charge >= 0.3 is 6.03 Å². The van der Waals surface area contributed by atoms with E-state index >= 15 is 0 Å². The molecule has 2 N–H and O–H groups in total. The van der Waals surface area contributed by atoms with Crippen LogP contribution in [0.5, 0.6) is 0 Å². The number of urea groups is 1. The second kappa shape index (κ2) is 6.86. The highest BCUT2D eigenvalue weighted by Gasteiger charge is 1.96. The topological polar surface area (TPSA) is 59.0 Å². The van der Waals surface area contributed by atoms with Gasteiger partial charge in [-0.25, -0.2) is 9.78 Å². The molecule has 1 rings (SSSR count). The highest BCUT2D eigenvalue weighted by atomic mass is 16.2. The van der Waals surface area contributed by atoms with E-state index in [1.54, 1.807) is 12.5 Å². The monoisotopic (exact) mass is 210 g/mol. The number of hydrogen-bond acceptors (Lipinski definition) is 2. The number of imidazole rings is 1. The van der Waals surface area contributed by atoms with Crippen LogP contribution < -0.4 is 10.6 Å². The van der Waals surface area contributed by atoms with Gasteiger partial charge in [-0.2, -0.15) is 0 Å². The van der Waals surface area contributed by atoms with Crippen LogP contribution >= 0.6 is 0 Å². The third-order valence-electron chi connectivity index (χ3n) is 2.03. The minimum atomic E-state index is -0.0832. The SMILES string of the molecule is CCNC(=O)NCCCCn1ccnc1. The lowest BCUT2D eigenvalue weighted by Gasteiger charge is -2.05. The Kier molecular flexibility index (Phi) is 5.29. The Bertz CT molecular complexity index is 271. The molecule has 0 aliphatic heterocycles. The molecule has 0 unspecified atom stereocenters. The first-order valence-electron chi connectivity index (χ1n) is 5.30. The second-order valence-electron chi connectivity index (χ2n) is 3.29. The summed E-state index contributed by atoms with van der Waals surface area (Å²) < 4.78 is 2.03. The van der Waals surface area contributed by atoms with E-state index in [2.05, 4.69) is 15.6 Å². The van der Waals surface area contributed by atoms with Crippen LogP contribution in [0.15, 0.2) is 18.7 Å². The molecule has 15 heavy (non-hydrogen) atoms. The van der Waals surface area contributed by atoms with E-state index < -0.39 is 0 Å². The van der Waals surface area contributed by atoms with Crippen molar-refractivity contribution in [1.82, 2.24) is 20.2 Å². The first-order chi connectivity index (χ1) is 7.33. The van der Waals surface area contributed by atoms with Gasteiger partial charge in [0.25, 0.3) is 0 Å². The molecule has 84 valence electrons. The molecule has 0 radical (unpaired) electrons. The van der Waals surface area contributed by atoms with Crippen LogP contribution in [0, 0.1) is 0 Å². The number of nitrogens with one attached hydrogen (secondary N) is 2. The molecular formula is C10H18N4O. The number of aryl methyl sites for hydroxylation is 1. The van der Waals surface area contributed by atoms with Crippen molar-refractivity contribution < 1.29 is 4.79 Å². The van der Waals surface area contributed by atoms with Gasteiger partial charge in [0.1, 0.15) is 0 Å². The summed E-state index contributed by atoms with van der Waals surface area (Å²) in [4.78, 5) is 15.0. The predicted molar refractivity (Wildman–Crippen MR) is 58.5 cm³/mol. The second-order valence-corrected chi connectivity index (χ2v) is 3.29. The van der Waals surface area contributed by atoms with E-state index in [1.165, 1.54) is 0 Å². The largest absolute Gasteiger partial charge is 0.338 e. The number of amides is 2. The van der Waals surface area contributed by atoms with Crippen molar-refractivity contribution in [2.24, 2.45) is 0 Å². The Balaban J connectivity index is 1.95. The molecule has 0 aliphatic rings. The lowest BCUT2D eigenvalue weighted by atomic mass is 10.3. The maximum atomic E-state index is 11.0. The van der Waals surface area contributed by atoms with E-state index in [1.807, 2.05) is 17.7 Å². The Labute approximate surface area is 89.9 Å². The van der Waals surface area contributed by atoms with Crippen molar-refractivity contribution in [3.63, 3.8) is 0 Å². The van der Waals surface area contributed by atoms with Crippen LogP contribution in [0.4, 0.5) is 4.79 Å². The molecular weight excluding hydrogens is 192 g/mol. The summed E-state index contributed by atoms with van der Waals surface area (Å²) in [7, 11) is 0. The average Bonchev–Trinajstić information content (AvgIpc) is 2.70. The zero-order chi connectivity index (χ0) is 10.9. The molecule has 0 spiro atoms. The van der Waals surface area contributed by atoms with Crippen molar-refractivity contribution in [3.8, 4) is 0 Å². The molecule has 0 bridgehead atoms. The van der Waals surface area contributed by atoms with Gasteiger partial charge in [-0.05, 0) is 19.8 Å². The molecule has 5 nitrogen and oxygen atoms in total. The molecule has 0 fully saturated rings. The first-order valence-corrected chi connectivity index (χ1v) is 5.30. The predicted octanol–water partition coefficient (Wildman–Crippen LogP) is 0.982. The molecule has 0 saturated carbocycles. The van der Waals surface area contributed by atoms with Crippen LogP contribution in [0.25, 0.3) is 0 Å². The molecule has 0 saturated heterocycles. The van der Waals surface area contributed by atoms with Crippen molar-refractivity contribution in [3.05, 3.63) is 18.7 Å². The van der Waals surface area contributed by atoms with Crippen molar-refractivity contribution >= 4 is 6.03 Å². The number of nitrogens with zero attached hydrogens (tertiary/aromatic N) is 2. The Hall–Kier alpha value is -1.52. The molecule has 2 amide bonds. The molecule has 1 heterocycles. The fraction of sp³-hybridized carbons (Fsp3) is 0.600. The third kappa shape index (κ3) is 5.05. The minimum Gasteiger partial charge on any atom is -0.338 e. The van der Waals surface area contributed by atoms with Gasteiger partial charge < -0.3 is 15.2 Å². The summed E-state index contributed by atoms with van der Waals surface area (Å²) in [5, 5.41) is 5.47. The molecule has 5 heteroatoms. The van der Waals surface area contributed by atoms with E-state index in [0.29, 0.717) is 6.54 Å². The minimum absolute atomic E-state index is 0.0832. The number of carbonyl (C=O) groups excluding carboxylic acids is 1. The van der Waals surface area contributed by atoms with Crippen molar-refractivity contribution in [2.75, 3.05) is 13.1 Å². The number of rotatable bonds is 6. The lowest BCUT2D eigenvalue weighted by Crippen LogP contribution is -2.35. The average molecular weight is 210 g/mol. The normalized spacial score (nSPS) is 9.93. The van der Waals surface area contributed by atoms with Gasteiger partial charge in [0.05, 0.1) is 6.33 Å². The molecule has 1 aromatic heterocycles. The van der Waals surface area contributed by atoms with Crippen molar-refractivity contribution in [1.29, 1.82) is 0 Å². The summed E-state index contributed by atoms with van der Waals surface area (Å²) in [6, 6.07) is -0.0832. The zero-order valence-electron chi connectivity index (χ0n) is 9.07. The number of hydrogen-bond donors (Lipinski definition) is 2. The van der Waals surface area contributed by atoms with Crippen LogP contribution in [-0.2, 0) is 6.54 Å². The molecule has 0 atom stereocenters. The highest BCUT2D eigenvalue weighted by Crippen LogP contribution is 1.93. The number of unbranched alkanes of at least 4 members (excludes halogenated alkanes) is 1. The standard InChI is InChI=1S/C10H18N4O/c1-2-12-10(15)13-5-3-4-7-14-8-6-11-9-14/h6,8-9H,2-5,7H2,1H3,(H2,12,13,15). The first kappa shape index (κ1) is 11.6. The molecule has 0 aliphatic carbocycles. The summed E-state index contributed by atoms with van der Waals surface area (Å²) in [5.41, 5.74) is 0. The Morgan fingerprint density at radius 1 is 1.40 bits per heavy atom. The fourth-order valence-electron chi connectivity index (χ4n) is 1.26. The van der Waals surface area contributed by atoms with Gasteiger partial charge in [-0.3, -0.25) is 0 Å². The Morgan fingerprint density at radius 2 is 2.27 bits per heavy atom. The van der Waals surface area contributed by atoms with Gasteiger partial charge in [0, 0.05) is 32.0 Å². The molecule has 0 aromatic carbocycles. The summed E-state index contributed by atoms with van der Waals surface area (Å²) >= 11 is 0. The zero-order valence-corrected chi connectivity index (χ0v) is 9.07. The van der Waals surface area contributed by atoms with Crippen LogP contribution in [0.2, 0.25) is 0 Å². The van der Waals surface area contributed by atoms with E-state index in [4.69, 9.17) is 0 Å². The van der Waals surface area contributed by atoms with E-state index in [9.17, 15) is 4.79 Å². The van der Waals surface area contributed by atoms with E-state index in [-0.39, 0.29) is 6.03 Å². The summed E-state index contributed by atoms with van der Waals surface area (Å²) in [5.74, 6) is 0. The number of carbonyl (C=O) groups is 1. The van der Waals surface area contributed by atoms with Gasteiger partial charge in [0.15, 0.2) is 0 Å². The fourth-order valence-corrected chi connectivity index (χ4v) is 1.26. The summed E-state index contributed by atoms with van der Waals surface area (Å²) in [6.07, 6.45) is 7.54. The van der Waals surface area contributed by atoms with Crippen LogP contribution in [-0.4, -0.2) is 28.7 Å². The van der Waals surface area contributed by atoms with E-state index in [0.717, 1.165) is 25.9 Å². The van der Waals surface area contributed by atoms with Crippen molar-refractivity contribution in [2.45, 2.75) is 26.3 Å². The highest BCUT2D eigenvalue weighted by molar-refractivity contribution is 5.73. The van der Waals surface area contributed by atoms with Gasteiger partial charge in [-0.15, -0.1) is 0 Å². The smallest absolute Gasteiger partial charge is 0.314 e. The maximum absolute atomic E-state index is 11.0. The lowest BCUT2D eigenvalue weighted by molar-refractivity contribution is 0.241. The Morgan fingerprint density at radius 3 is 2.93 bits per heavy atom. The van der Waals surface area contributed by atoms with Gasteiger partial charge in [0.2, 0.25) is 0 Å². The van der Waals surface area contributed by atoms with Gasteiger partial charge in [-0.1, -0.05) is 0 Å². The quantitative estimate of drug-likeness (QED) is 0.688. The molecule has 1 aromatic rings. The third-order valence-corrected chi connectivity index (χ3v) is 2.03. The van der Waals surface area contributed by atoms with Crippen LogP contribution in [0.3, 0.4) is 0 Å². The number of aromatic nitrogens is 2. The summed E-state index contributed by atoms with van der Waals surface area (Å²) in [6.45, 7) is 4.25. The van der Waals surface area contributed by atoms with Crippen LogP contribution in [0.1, 0.15) is 19.8 Å².